The lowest BCUT2D eigenvalue weighted by atomic mass is 9.80. The minimum absolute atomic E-state index is 0.152. The van der Waals surface area contributed by atoms with Crippen molar-refractivity contribution in [2.75, 3.05) is 16.0 Å². The van der Waals surface area contributed by atoms with Crippen LogP contribution in [0.1, 0.15) is 16.7 Å². The molecule has 0 fully saturated rings. The second kappa shape index (κ2) is 14.4. The summed E-state index contributed by atoms with van der Waals surface area (Å²) < 4.78 is 98.2. The zero-order valence-electron chi connectivity index (χ0n) is 27.3. The van der Waals surface area contributed by atoms with Gasteiger partial charge in [-0.15, -0.1) is 0 Å². The van der Waals surface area contributed by atoms with Gasteiger partial charge in [0, 0.05) is 28.4 Å². The van der Waals surface area contributed by atoms with E-state index in [4.69, 9.17) is 0 Å². The second-order valence-electron chi connectivity index (χ2n) is 11.8. The Bertz CT molecular complexity index is 2600. The van der Waals surface area contributed by atoms with E-state index < -0.39 is 36.0 Å². The molecule has 16 heteroatoms. The summed E-state index contributed by atoms with van der Waals surface area (Å²) in [5, 5.41) is 21.8. The van der Waals surface area contributed by atoms with Gasteiger partial charge < -0.3 is 21.1 Å². The molecule has 7 N–H and O–H groups in total. The number of hydrogen-bond donors (Lipinski definition) is 7. The molecule has 6 aromatic carbocycles. The lowest BCUT2D eigenvalue weighted by Crippen LogP contribution is -2.28. The molecule has 0 aliphatic rings. The van der Waals surface area contributed by atoms with E-state index in [1.807, 2.05) is 0 Å². The molecule has 0 amide bonds. The van der Waals surface area contributed by atoms with Gasteiger partial charge in [0.25, 0.3) is 30.4 Å². The van der Waals surface area contributed by atoms with Gasteiger partial charge in [0.2, 0.25) is 0 Å². The molecule has 6 rings (SSSR count). The fourth-order valence-electron chi connectivity index (χ4n) is 5.61. The summed E-state index contributed by atoms with van der Waals surface area (Å²) in [4.78, 5) is -0.830. The fraction of sp³-hybridized carbons (Fsp3) is 0.0270. The number of hydrogen-bond acceptors (Lipinski definition) is 10. The maximum atomic E-state index is 12.6. The average molecular weight is 774 g/mol. The van der Waals surface area contributed by atoms with Crippen molar-refractivity contribution in [1.82, 2.24) is 0 Å². The summed E-state index contributed by atoms with van der Waals surface area (Å²) in [6.45, 7) is 0. The average Bonchev–Trinajstić information content (AvgIpc) is 3.12. The summed E-state index contributed by atoms with van der Waals surface area (Å²) >= 11 is 0. The van der Waals surface area contributed by atoms with Crippen molar-refractivity contribution in [2.24, 2.45) is 0 Å². The van der Waals surface area contributed by atoms with Crippen LogP contribution in [0.4, 0.5) is 34.1 Å². The Labute approximate surface area is 305 Å². The van der Waals surface area contributed by atoms with Crippen LogP contribution in [0.25, 0.3) is 0 Å². The highest BCUT2D eigenvalue weighted by atomic mass is 32.2. The van der Waals surface area contributed by atoms with Crippen LogP contribution in [-0.2, 0) is 36.0 Å². The molecule has 53 heavy (non-hydrogen) atoms. The summed E-state index contributed by atoms with van der Waals surface area (Å²) in [5.41, 5.74) is 2.34. The predicted molar refractivity (Wildman–Crippen MR) is 200 cm³/mol. The van der Waals surface area contributed by atoms with Crippen LogP contribution in [0.3, 0.4) is 0 Å². The van der Waals surface area contributed by atoms with Gasteiger partial charge in [0.05, 0.1) is 15.5 Å². The van der Waals surface area contributed by atoms with Gasteiger partial charge in [-0.05, 0) is 108 Å². The third-order valence-electron chi connectivity index (χ3n) is 8.21. The van der Waals surface area contributed by atoms with Crippen LogP contribution in [0.15, 0.2) is 160 Å². The van der Waals surface area contributed by atoms with Crippen molar-refractivity contribution in [1.29, 1.82) is 0 Å². The maximum absolute atomic E-state index is 12.6. The molecule has 272 valence electrons. The van der Waals surface area contributed by atoms with Crippen LogP contribution in [-0.4, -0.2) is 44.0 Å². The molecule has 6 aromatic rings. The molecule has 0 spiro atoms. The van der Waals surface area contributed by atoms with Gasteiger partial charge in [-0.2, -0.15) is 25.3 Å². The monoisotopic (exact) mass is 773 g/mol. The smallest absolute Gasteiger partial charge is 0.296 e. The first-order valence-electron chi connectivity index (χ1n) is 15.6. The number of benzene rings is 6. The Hall–Kier alpha value is -5.59. The van der Waals surface area contributed by atoms with E-state index >= 15 is 0 Å². The van der Waals surface area contributed by atoms with Crippen molar-refractivity contribution in [3.05, 3.63) is 162 Å². The van der Waals surface area contributed by atoms with E-state index in [1.54, 1.807) is 84.9 Å². The summed E-state index contributed by atoms with van der Waals surface area (Å²) in [6.07, 6.45) is 0. The number of para-hydroxylation sites is 1. The highest BCUT2D eigenvalue weighted by molar-refractivity contribution is 7.86. The zero-order chi connectivity index (χ0) is 38.0. The van der Waals surface area contributed by atoms with Crippen molar-refractivity contribution in [3.8, 4) is 0 Å². The Morgan fingerprint density at radius 1 is 0.396 bits per heavy atom. The van der Waals surface area contributed by atoms with Crippen molar-refractivity contribution < 1.29 is 44.0 Å². The molecule has 0 bridgehead atoms. The lowest BCUT2D eigenvalue weighted by molar-refractivity contribution is 0.126. The molecule has 0 aliphatic heterocycles. The molecule has 0 aliphatic carbocycles. The Balaban J connectivity index is 1.33. The Morgan fingerprint density at radius 2 is 0.811 bits per heavy atom. The first-order valence-corrected chi connectivity index (χ1v) is 19.9. The molecule has 1 atom stereocenters. The SMILES string of the molecule is O=S(=O)(O)c1ccc(Nc2ccc(C(O)(c3ccc(Nc4cccc(S(=O)(=O)O)c4)cc3)c3ccc(Nc4ccccc4S(=O)(=O)O)cc3)cc2)cc1. The third-order valence-corrected chi connectivity index (χ3v) is 10.8. The topological polar surface area (TPSA) is 219 Å². The van der Waals surface area contributed by atoms with E-state index in [2.05, 4.69) is 16.0 Å². The molecule has 0 aromatic heterocycles. The highest BCUT2D eigenvalue weighted by Gasteiger charge is 2.34. The standard InChI is InChI=1S/C37H31N3O10S3/c41-37(25-8-14-28(15-9-25)38-30-20-22-33(23-21-30)51(42,43)44,26-10-16-29(17-11-26)39-32-4-3-5-34(24-32)52(45,46)47)27-12-18-31(19-13-27)40-35-6-1-2-7-36(35)53(48,49)50/h1-24,38-41H,(H,42,43,44)(H,45,46,47)(H,48,49,50). The minimum Gasteiger partial charge on any atom is -0.376 e. The van der Waals surface area contributed by atoms with Crippen molar-refractivity contribution >= 4 is 64.5 Å². The molecule has 0 saturated heterocycles. The maximum Gasteiger partial charge on any atom is 0.296 e. The molecule has 13 nitrogen and oxygen atoms in total. The normalized spacial score (nSPS) is 13.1. The van der Waals surface area contributed by atoms with Gasteiger partial charge in [-0.25, -0.2) is 0 Å². The van der Waals surface area contributed by atoms with Gasteiger partial charge >= 0.3 is 0 Å². The Kier molecular flexibility index (Phi) is 10.1. The Morgan fingerprint density at radius 3 is 1.26 bits per heavy atom. The number of anilines is 6. The van der Waals surface area contributed by atoms with E-state index in [9.17, 15) is 44.0 Å². The summed E-state index contributed by atoms with van der Waals surface area (Å²) in [7, 11) is -13.3. The molecular formula is C37H31N3O10S3. The first kappa shape index (κ1) is 37.2. The van der Waals surface area contributed by atoms with Crippen LogP contribution in [0.2, 0.25) is 0 Å². The second-order valence-corrected chi connectivity index (χ2v) is 16.0. The molecule has 0 saturated carbocycles. The quantitative estimate of drug-likeness (QED) is 0.0496. The van der Waals surface area contributed by atoms with Crippen LogP contribution in [0, 0.1) is 0 Å². The van der Waals surface area contributed by atoms with Crippen LogP contribution < -0.4 is 16.0 Å². The number of nitrogens with one attached hydrogen (secondary N) is 3. The largest absolute Gasteiger partial charge is 0.376 e. The van der Waals surface area contributed by atoms with Gasteiger partial charge in [-0.3, -0.25) is 13.7 Å². The van der Waals surface area contributed by atoms with Crippen LogP contribution >= 0.6 is 0 Å². The lowest BCUT2D eigenvalue weighted by Gasteiger charge is -2.31. The first-order chi connectivity index (χ1) is 25.0. The predicted octanol–water partition coefficient (Wildman–Crippen LogP) is 6.94. The third kappa shape index (κ3) is 8.56. The van der Waals surface area contributed by atoms with Gasteiger partial charge in [0.15, 0.2) is 0 Å². The van der Waals surface area contributed by atoms with Gasteiger partial charge in [0.1, 0.15) is 10.5 Å². The van der Waals surface area contributed by atoms with Crippen LogP contribution in [0.5, 0.6) is 0 Å². The van der Waals surface area contributed by atoms with E-state index in [0.717, 1.165) is 0 Å². The summed E-state index contributed by atoms with van der Waals surface area (Å²) in [6, 6.07) is 37.2. The summed E-state index contributed by atoms with van der Waals surface area (Å²) in [5.74, 6) is 0. The zero-order valence-corrected chi connectivity index (χ0v) is 29.8. The molecular weight excluding hydrogens is 743 g/mol. The van der Waals surface area contributed by atoms with Crippen molar-refractivity contribution in [2.45, 2.75) is 20.3 Å². The fourth-order valence-corrected chi connectivity index (χ4v) is 7.27. The highest BCUT2D eigenvalue weighted by Crippen LogP contribution is 2.39. The van der Waals surface area contributed by atoms with E-state index in [-0.39, 0.29) is 20.4 Å². The molecule has 0 radical (unpaired) electrons. The van der Waals surface area contributed by atoms with Gasteiger partial charge in [-0.1, -0.05) is 54.6 Å². The number of aliphatic hydroxyl groups is 1. The minimum atomic E-state index is -4.51. The molecule has 1 unspecified atom stereocenters. The van der Waals surface area contributed by atoms with E-state index in [1.165, 1.54) is 60.7 Å². The molecule has 0 heterocycles. The number of rotatable bonds is 12. The van der Waals surface area contributed by atoms with E-state index in [0.29, 0.717) is 45.1 Å². The van der Waals surface area contributed by atoms with Crippen molar-refractivity contribution in [3.63, 3.8) is 0 Å².